The van der Waals surface area contributed by atoms with Crippen LogP contribution in [0.25, 0.3) is 5.82 Å². The van der Waals surface area contributed by atoms with E-state index in [-0.39, 0.29) is 0 Å². The van der Waals surface area contributed by atoms with Crippen LogP contribution < -0.4 is 4.74 Å². The Morgan fingerprint density at radius 2 is 1.24 bits per heavy atom. The molecule has 1 aliphatic heterocycles. The van der Waals surface area contributed by atoms with Crippen LogP contribution in [0, 0.1) is 0 Å². The van der Waals surface area contributed by atoms with Crippen LogP contribution in [-0.2, 0) is 25.2 Å². The Morgan fingerprint density at radius 1 is 0.667 bits per heavy atom. The topological polar surface area (TPSA) is 43.2 Å². The predicted octanol–water partition coefficient (Wildman–Crippen LogP) is 7.81. The first-order valence-corrected chi connectivity index (χ1v) is 14.4. The largest absolute Gasteiger partial charge is 0.471 e. The molecule has 0 radical (unpaired) electrons. The third kappa shape index (κ3) is 4.87. The summed E-state index contributed by atoms with van der Waals surface area (Å²) in [6.45, 7) is 1.93. The van der Waals surface area contributed by atoms with Gasteiger partial charge in [0.2, 0.25) is 5.88 Å². The third-order valence-electron chi connectivity index (χ3n) is 7.90. The van der Waals surface area contributed by atoms with E-state index in [1.54, 1.807) is 6.20 Å². The minimum atomic E-state index is -0.442. The molecule has 0 saturated heterocycles. The lowest BCUT2D eigenvalue weighted by atomic mass is 9.75. The first kappa shape index (κ1) is 26.2. The van der Waals surface area contributed by atoms with E-state index >= 15 is 0 Å². The number of nitrogens with zero attached hydrogens (tertiary/aromatic N) is 4. The number of hydrogen-bond donors (Lipinski definition) is 0. The maximum absolute atomic E-state index is 5.95. The zero-order chi connectivity index (χ0) is 28.4. The molecule has 1 aliphatic rings. The van der Waals surface area contributed by atoms with Crippen molar-refractivity contribution in [3.8, 4) is 11.7 Å². The predicted molar refractivity (Wildman–Crippen MR) is 166 cm³/mol. The van der Waals surface area contributed by atoms with E-state index in [0.29, 0.717) is 17.5 Å². The second-order valence-corrected chi connectivity index (χ2v) is 10.9. The van der Waals surface area contributed by atoms with Crippen molar-refractivity contribution in [1.29, 1.82) is 0 Å². The van der Waals surface area contributed by atoms with Crippen molar-refractivity contribution >= 4 is 11.6 Å². The molecule has 42 heavy (non-hydrogen) atoms. The highest BCUT2D eigenvalue weighted by Crippen LogP contribution is 2.46. The Kier molecular flexibility index (Phi) is 7.04. The average Bonchev–Trinajstić information content (AvgIpc) is 3.63. The van der Waals surface area contributed by atoms with E-state index in [4.69, 9.17) is 21.3 Å². The fourth-order valence-corrected chi connectivity index (χ4v) is 6.13. The Hall–Kier alpha value is -4.71. The summed E-state index contributed by atoms with van der Waals surface area (Å²) in [6.07, 6.45) is 6.03. The molecule has 3 aromatic heterocycles. The van der Waals surface area contributed by atoms with Crippen molar-refractivity contribution in [1.82, 2.24) is 19.4 Å². The molecule has 6 heteroatoms. The Labute approximate surface area is 250 Å². The number of aromatic nitrogens is 3. The molecule has 0 amide bonds. The van der Waals surface area contributed by atoms with Gasteiger partial charge in [0, 0.05) is 37.7 Å². The first-order valence-electron chi connectivity index (χ1n) is 14.0. The van der Waals surface area contributed by atoms with E-state index in [1.165, 1.54) is 27.8 Å². The molecule has 7 rings (SSSR count). The van der Waals surface area contributed by atoms with Crippen molar-refractivity contribution in [2.75, 3.05) is 0 Å². The molecule has 0 fully saturated rings. The molecule has 0 atom stereocenters. The Morgan fingerprint density at radius 3 is 1.76 bits per heavy atom. The molecule has 0 unspecified atom stereocenters. The summed E-state index contributed by atoms with van der Waals surface area (Å²) < 4.78 is 8.04. The van der Waals surface area contributed by atoms with Crippen LogP contribution in [0.15, 0.2) is 140 Å². The maximum atomic E-state index is 5.95. The lowest BCUT2D eigenvalue weighted by Gasteiger charge is -2.44. The van der Waals surface area contributed by atoms with Crippen molar-refractivity contribution in [3.63, 3.8) is 0 Å². The molecular weight excluding hydrogens is 540 g/mol. The van der Waals surface area contributed by atoms with Gasteiger partial charge < -0.3 is 9.30 Å². The number of rotatable bonds is 8. The van der Waals surface area contributed by atoms with Crippen LogP contribution in [0.5, 0.6) is 5.88 Å². The lowest BCUT2D eigenvalue weighted by molar-refractivity contribution is 0.156. The van der Waals surface area contributed by atoms with E-state index < -0.39 is 5.54 Å². The second-order valence-electron chi connectivity index (χ2n) is 10.5. The number of fused-ring (bicyclic) bond motifs is 1. The molecule has 3 aromatic carbocycles. The van der Waals surface area contributed by atoms with Gasteiger partial charge in [0.05, 0.1) is 16.3 Å². The van der Waals surface area contributed by atoms with Gasteiger partial charge in [-0.05, 0) is 46.0 Å². The van der Waals surface area contributed by atoms with Crippen LogP contribution in [0.1, 0.15) is 33.5 Å². The zero-order valence-electron chi connectivity index (χ0n) is 23.0. The standard InChI is InChI=1S/C36H29ClN4O/c37-32-19-20-33(38-21-32)26-42-35-18-10-17-34(39-35)40-22-27-24-41(25-28(27)23-40)36(29-11-4-1-5-12-29,30-13-6-2-7-14-30)31-15-8-3-9-16-31/h1-23H,24-26H2. The van der Waals surface area contributed by atoms with Crippen LogP contribution in [0.2, 0.25) is 5.02 Å². The molecule has 0 bridgehead atoms. The summed E-state index contributed by atoms with van der Waals surface area (Å²) in [5, 5.41) is 0.603. The minimum Gasteiger partial charge on any atom is -0.471 e. The van der Waals surface area contributed by atoms with E-state index in [9.17, 15) is 0 Å². The van der Waals surface area contributed by atoms with Gasteiger partial charge in [0.25, 0.3) is 0 Å². The molecule has 0 saturated carbocycles. The molecular formula is C36H29ClN4O. The summed E-state index contributed by atoms with van der Waals surface area (Å²) in [5.41, 5.74) is 6.69. The number of pyridine rings is 2. The van der Waals surface area contributed by atoms with Gasteiger partial charge in [-0.15, -0.1) is 0 Å². The summed E-state index contributed by atoms with van der Waals surface area (Å²) in [6, 6.07) is 42.1. The van der Waals surface area contributed by atoms with Crippen LogP contribution in [0.4, 0.5) is 0 Å². The molecule has 0 spiro atoms. The number of hydrogen-bond acceptors (Lipinski definition) is 4. The van der Waals surface area contributed by atoms with Gasteiger partial charge >= 0.3 is 0 Å². The lowest BCUT2D eigenvalue weighted by Crippen LogP contribution is -2.45. The summed E-state index contributed by atoms with van der Waals surface area (Å²) in [4.78, 5) is 11.7. The summed E-state index contributed by atoms with van der Waals surface area (Å²) in [7, 11) is 0. The molecule has 5 nitrogen and oxygen atoms in total. The van der Waals surface area contributed by atoms with Gasteiger partial charge in [-0.1, -0.05) is 109 Å². The third-order valence-corrected chi connectivity index (χ3v) is 8.13. The van der Waals surface area contributed by atoms with E-state index in [1.807, 2.05) is 30.3 Å². The zero-order valence-corrected chi connectivity index (χ0v) is 23.7. The normalized spacial score (nSPS) is 13.2. The Bertz CT molecular complexity index is 1670. The number of ether oxygens (including phenoxy) is 1. The van der Waals surface area contributed by atoms with E-state index in [2.05, 4.69) is 118 Å². The minimum absolute atomic E-state index is 0.325. The van der Waals surface area contributed by atoms with E-state index in [0.717, 1.165) is 24.6 Å². The van der Waals surface area contributed by atoms with Crippen LogP contribution in [-0.4, -0.2) is 19.4 Å². The van der Waals surface area contributed by atoms with Gasteiger partial charge in [-0.3, -0.25) is 9.88 Å². The average molecular weight is 569 g/mol. The molecule has 206 valence electrons. The summed E-state index contributed by atoms with van der Waals surface area (Å²) >= 11 is 5.95. The van der Waals surface area contributed by atoms with Gasteiger partial charge in [0.1, 0.15) is 12.4 Å². The fourth-order valence-electron chi connectivity index (χ4n) is 6.01. The van der Waals surface area contributed by atoms with Crippen molar-refractivity contribution in [2.45, 2.75) is 25.2 Å². The maximum Gasteiger partial charge on any atom is 0.215 e. The molecule has 0 aliphatic carbocycles. The first-order chi connectivity index (χ1) is 20.7. The molecule has 4 heterocycles. The Balaban J connectivity index is 1.20. The van der Waals surface area contributed by atoms with Crippen molar-refractivity contribution in [2.24, 2.45) is 0 Å². The molecule has 0 N–H and O–H groups in total. The highest BCUT2D eigenvalue weighted by atomic mass is 35.5. The number of halogens is 1. The van der Waals surface area contributed by atoms with Crippen molar-refractivity contribution in [3.05, 3.63) is 178 Å². The van der Waals surface area contributed by atoms with Gasteiger partial charge in [-0.25, -0.2) is 0 Å². The van der Waals surface area contributed by atoms with Crippen molar-refractivity contribution < 1.29 is 4.74 Å². The molecule has 6 aromatic rings. The highest BCUT2D eigenvalue weighted by molar-refractivity contribution is 6.30. The SMILES string of the molecule is Clc1ccc(COc2cccc(-n3cc4c(c3)CN(C(c3ccccc3)(c3ccccc3)c3ccccc3)C4)n2)nc1. The quantitative estimate of drug-likeness (QED) is 0.176. The van der Waals surface area contributed by atoms with Crippen LogP contribution in [0.3, 0.4) is 0 Å². The number of benzene rings is 3. The van der Waals surface area contributed by atoms with Crippen LogP contribution >= 0.6 is 11.6 Å². The monoisotopic (exact) mass is 568 g/mol. The highest BCUT2D eigenvalue weighted by Gasteiger charge is 2.44. The second kappa shape index (κ2) is 11.3. The van der Waals surface area contributed by atoms with Gasteiger partial charge in [0.15, 0.2) is 0 Å². The fraction of sp³-hybridized carbons (Fsp3) is 0.111. The summed E-state index contributed by atoms with van der Waals surface area (Å²) in [5.74, 6) is 1.37. The smallest absolute Gasteiger partial charge is 0.215 e. The van der Waals surface area contributed by atoms with Gasteiger partial charge in [-0.2, -0.15) is 4.98 Å².